The van der Waals surface area contributed by atoms with Crippen molar-refractivity contribution in [1.82, 2.24) is 10.1 Å². The van der Waals surface area contributed by atoms with Gasteiger partial charge in [0.05, 0.1) is 0 Å². The van der Waals surface area contributed by atoms with E-state index in [-0.39, 0.29) is 5.69 Å². The van der Waals surface area contributed by atoms with Crippen molar-refractivity contribution in [2.45, 2.75) is 38.6 Å². The Balaban J connectivity index is 1.98. The minimum atomic E-state index is -1.03. The van der Waals surface area contributed by atoms with Gasteiger partial charge >= 0.3 is 5.97 Å². The molecule has 0 amide bonds. The first-order valence-electron chi connectivity index (χ1n) is 6.02. The van der Waals surface area contributed by atoms with Crippen LogP contribution in [0, 0.1) is 0 Å². The number of carbonyl (C=O) groups is 1. The van der Waals surface area contributed by atoms with Gasteiger partial charge in [0.2, 0.25) is 0 Å². The molecule has 1 fully saturated rings. The molecule has 5 nitrogen and oxygen atoms in total. The van der Waals surface area contributed by atoms with Crippen molar-refractivity contribution < 1.29 is 14.4 Å². The molecule has 5 heteroatoms. The zero-order valence-electron chi connectivity index (χ0n) is 10.2. The number of aromatic carboxylic acids is 1. The highest BCUT2D eigenvalue weighted by Gasteiger charge is 2.25. The molecule has 2 rings (SSSR count). The summed E-state index contributed by atoms with van der Waals surface area (Å²) in [7, 11) is 0. The highest BCUT2D eigenvalue weighted by Crippen LogP contribution is 2.29. The first kappa shape index (κ1) is 12.1. The molecule has 0 spiro atoms. The summed E-state index contributed by atoms with van der Waals surface area (Å²) >= 11 is 0. The Morgan fingerprint density at radius 1 is 1.53 bits per heavy atom. The summed E-state index contributed by atoms with van der Waals surface area (Å²) in [5.41, 5.74) is 0.00582. The monoisotopic (exact) mass is 238 g/mol. The highest BCUT2D eigenvalue weighted by molar-refractivity contribution is 5.85. The maximum atomic E-state index is 10.7. The number of likely N-dealkylation sites (tertiary alicyclic amines) is 1. The molecule has 2 heterocycles. The van der Waals surface area contributed by atoms with Gasteiger partial charge in [-0.2, -0.15) is 0 Å². The number of carboxylic acids is 1. The number of carboxylic acid groups (broad SMARTS) is 1. The first-order chi connectivity index (χ1) is 8.08. The molecular formula is C12H18N2O3. The Morgan fingerprint density at radius 3 is 2.65 bits per heavy atom. The zero-order chi connectivity index (χ0) is 12.4. The van der Waals surface area contributed by atoms with Crippen LogP contribution in [0.3, 0.4) is 0 Å². The summed E-state index contributed by atoms with van der Waals surface area (Å²) in [6.45, 7) is 6.45. The average Bonchev–Trinajstić information content (AvgIpc) is 2.78. The molecule has 1 N–H and O–H groups in total. The van der Waals surface area contributed by atoms with Gasteiger partial charge in [0.15, 0.2) is 5.69 Å². The first-order valence-corrected chi connectivity index (χ1v) is 6.02. The molecule has 17 heavy (non-hydrogen) atoms. The largest absolute Gasteiger partial charge is 0.476 e. The third-order valence-corrected chi connectivity index (χ3v) is 3.41. The van der Waals surface area contributed by atoms with Crippen LogP contribution >= 0.6 is 0 Å². The van der Waals surface area contributed by atoms with E-state index in [9.17, 15) is 4.79 Å². The number of hydrogen-bond donors (Lipinski definition) is 1. The molecular weight excluding hydrogens is 220 g/mol. The fourth-order valence-corrected chi connectivity index (χ4v) is 2.28. The smallest absolute Gasteiger partial charge is 0.358 e. The lowest BCUT2D eigenvalue weighted by molar-refractivity contribution is 0.0685. The van der Waals surface area contributed by atoms with Gasteiger partial charge in [-0.15, -0.1) is 0 Å². The van der Waals surface area contributed by atoms with E-state index < -0.39 is 5.97 Å². The van der Waals surface area contributed by atoms with Crippen molar-refractivity contribution in [3.05, 3.63) is 17.5 Å². The predicted molar refractivity (Wildman–Crippen MR) is 62.1 cm³/mol. The molecule has 0 aliphatic carbocycles. The van der Waals surface area contributed by atoms with E-state index in [1.807, 2.05) is 0 Å². The molecule has 0 aromatic carbocycles. The SMILES string of the molecule is CC(C)N1CCC(c2cc(C(=O)O)no2)CC1. The molecule has 0 bridgehead atoms. The number of rotatable bonds is 3. The predicted octanol–water partition coefficient (Wildman–Crippen LogP) is 1.96. The van der Waals surface area contributed by atoms with Gasteiger partial charge in [0.25, 0.3) is 0 Å². The molecule has 1 aromatic rings. The fourth-order valence-electron chi connectivity index (χ4n) is 2.28. The molecule has 1 aromatic heterocycles. The second-order valence-corrected chi connectivity index (χ2v) is 4.82. The van der Waals surface area contributed by atoms with Crippen molar-refractivity contribution >= 4 is 5.97 Å². The summed E-state index contributed by atoms with van der Waals surface area (Å²) in [5.74, 6) is -0.00368. The average molecular weight is 238 g/mol. The lowest BCUT2D eigenvalue weighted by atomic mass is 9.93. The second kappa shape index (κ2) is 4.87. The number of hydrogen-bond acceptors (Lipinski definition) is 4. The number of piperidine rings is 1. The van der Waals surface area contributed by atoms with E-state index in [0.717, 1.165) is 25.9 Å². The summed E-state index contributed by atoms with van der Waals surface area (Å²) in [5, 5.41) is 12.3. The lowest BCUT2D eigenvalue weighted by Gasteiger charge is -2.33. The van der Waals surface area contributed by atoms with Gasteiger partial charge in [-0.25, -0.2) is 4.79 Å². The van der Waals surface area contributed by atoms with E-state index in [4.69, 9.17) is 9.63 Å². The van der Waals surface area contributed by atoms with Crippen LogP contribution in [-0.2, 0) is 0 Å². The summed E-state index contributed by atoms with van der Waals surface area (Å²) < 4.78 is 5.11. The summed E-state index contributed by atoms with van der Waals surface area (Å²) in [6.07, 6.45) is 2.01. The van der Waals surface area contributed by atoms with Crippen LogP contribution in [-0.4, -0.2) is 40.3 Å². The molecule has 0 atom stereocenters. The van der Waals surface area contributed by atoms with Gasteiger partial charge < -0.3 is 14.5 Å². The van der Waals surface area contributed by atoms with Gasteiger partial charge in [-0.3, -0.25) is 0 Å². The third-order valence-electron chi connectivity index (χ3n) is 3.41. The third kappa shape index (κ3) is 2.66. The number of nitrogens with zero attached hydrogens (tertiary/aromatic N) is 2. The lowest BCUT2D eigenvalue weighted by Crippen LogP contribution is -2.37. The van der Waals surface area contributed by atoms with Gasteiger partial charge in [-0.05, 0) is 39.8 Å². The minimum absolute atomic E-state index is 0.00582. The Labute approximate surface area is 100 Å². The maximum absolute atomic E-state index is 10.7. The minimum Gasteiger partial charge on any atom is -0.476 e. The Morgan fingerprint density at radius 2 is 2.18 bits per heavy atom. The molecule has 0 saturated carbocycles. The summed E-state index contributed by atoms with van der Waals surface area (Å²) in [4.78, 5) is 13.1. The van der Waals surface area contributed by atoms with Crippen LogP contribution in [0.1, 0.15) is 48.9 Å². The van der Waals surface area contributed by atoms with Crippen molar-refractivity contribution in [1.29, 1.82) is 0 Å². The zero-order valence-corrected chi connectivity index (χ0v) is 10.2. The Bertz CT molecular complexity index is 392. The normalized spacial score (nSPS) is 18.8. The quantitative estimate of drug-likeness (QED) is 0.871. The second-order valence-electron chi connectivity index (χ2n) is 4.82. The van der Waals surface area contributed by atoms with Crippen LogP contribution in [0.5, 0.6) is 0 Å². The van der Waals surface area contributed by atoms with Crippen LogP contribution in [0.15, 0.2) is 10.6 Å². The Hall–Kier alpha value is -1.36. The molecule has 0 unspecified atom stereocenters. The highest BCUT2D eigenvalue weighted by atomic mass is 16.5. The van der Waals surface area contributed by atoms with Gasteiger partial charge in [0, 0.05) is 18.0 Å². The molecule has 1 saturated heterocycles. The van der Waals surface area contributed by atoms with Crippen molar-refractivity contribution in [3.63, 3.8) is 0 Å². The van der Waals surface area contributed by atoms with Crippen molar-refractivity contribution in [2.75, 3.05) is 13.1 Å². The van der Waals surface area contributed by atoms with Crippen LogP contribution in [0.2, 0.25) is 0 Å². The summed E-state index contributed by atoms with van der Waals surface area (Å²) in [6, 6.07) is 2.12. The van der Waals surface area contributed by atoms with E-state index in [2.05, 4.69) is 23.9 Å². The van der Waals surface area contributed by atoms with Crippen LogP contribution in [0.25, 0.3) is 0 Å². The fraction of sp³-hybridized carbons (Fsp3) is 0.667. The van der Waals surface area contributed by atoms with Crippen LogP contribution in [0.4, 0.5) is 0 Å². The van der Waals surface area contributed by atoms with Crippen molar-refractivity contribution in [2.24, 2.45) is 0 Å². The molecule has 1 aliphatic heterocycles. The van der Waals surface area contributed by atoms with E-state index in [0.29, 0.717) is 17.7 Å². The standard InChI is InChI=1S/C12H18N2O3/c1-8(2)14-5-3-9(4-6-14)11-7-10(12(15)16)13-17-11/h7-9H,3-6H2,1-2H3,(H,15,16). The van der Waals surface area contributed by atoms with Crippen molar-refractivity contribution in [3.8, 4) is 0 Å². The maximum Gasteiger partial charge on any atom is 0.358 e. The van der Waals surface area contributed by atoms with E-state index in [1.54, 1.807) is 6.07 Å². The van der Waals surface area contributed by atoms with Crippen LogP contribution < -0.4 is 0 Å². The van der Waals surface area contributed by atoms with E-state index in [1.165, 1.54) is 0 Å². The molecule has 1 aliphatic rings. The molecule has 94 valence electrons. The van der Waals surface area contributed by atoms with Gasteiger partial charge in [0.1, 0.15) is 5.76 Å². The molecule has 0 radical (unpaired) electrons. The van der Waals surface area contributed by atoms with E-state index >= 15 is 0 Å². The Kier molecular flexibility index (Phi) is 3.47. The topological polar surface area (TPSA) is 66.6 Å². The number of aromatic nitrogens is 1. The van der Waals surface area contributed by atoms with Gasteiger partial charge in [-0.1, -0.05) is 5.16 Å².